The van der Waals surface area contributed by atoms with Crippen LogP contribution in [0.2, 0.25) is 0 Å². The fourth-order valence-corrected chi connectivity index (χ4v) is 3.74. The quantitative estimate of drug-likeness (QED) is 0.588. The second-order valence-electron chi connectivity index (χ2n) is 5.64. The van der Waals surface area contributed by atoms with Crippen LogP contribution in [0.5, 0.6) is 0 Å². The Morgan fingerprint density at radius 2 is 1.90 bits per heavy atom. The van der Waals surface area contributed by atoms with E-state index < -0.39 is 21.8 Å². The van der Waals surface area contributed by atoms with E-state index in [2.05, 4.69) is 15.4 Å². The fraction of sp³-hybridized carbons (Fsp3) is 0.818. The van der Waals surface area contributed by atoms with E-state index in [1.165, 1.54) is 4.31 Å². The molecule has 0 aliphatic carbocycles. The molecule has 0 aromatic carbocycles. The Labute approximate surface area is 118 Å². The highest BCUT2D eigenvalue weighted by Crippen LogP contribution is 2.26. The Hall–Kier alpha value is -1.19. The summed E-state index contributed by atoms with van der Waals surface area (Å²) in [4.78, 5) is 23.0. The van der Waals surface area contributed by atoms with Gasteiger partial charge in [-0.15, -0.1) is 0 Å². The van der Waals surface area contributed by atoms with Crippen LogP contribution in [0, 0.1) is 5.92 Å². The molecule has 0 saturated carbocycles. The Bertz CT molecular complexity index is 509. The molecule has 2 fully saturated rings. The van der Waals surface area contributed by atoms with Gasteiger partial charge in [0.1, 0.15) is 5.54 Å². The zero-order valence-corrected chi connectivity index (χ0v) is 12.4. The molecule has 3 amide bonds. The van der Waals surface area contributed by atoms with Crippen molar-refractivity contribution in [3.63, 3.8) is 0 Å². The largest absolute Gasteiger partial charge is 0.323 e. The van der Waals surface area contributed by atoms with Crippen molar-refractivity contribution in [2.45, 2.75) is 32.2 Å². The topological polar surface area (TPSA) is 108 Å². The smallest absolute Gasteiger partial charge is 0.322 e. The van der Waals surface area contributed by atoms with Crippen molar-refractivity contribution in [1.82, 2.24) is 19.7 Å². The molecule has 9 heteroatoms. The maximum Gasteiger partial charge on any atom is 0.322 e. The molecule has 2 aliphatic rings. The number of hydrogen-bond donors (Lipinski definition) is 3. The minimum atomic E-state index is -3.52. The number of piperidine rings is 1. The normalized spacial score (nSPS) is 23.1. The van der Waals surface area contributed by atoms with Crippen LogP contribution in [-0.2, 0) is 15.0 Å². The molecule has 8 nitrogen and oxygen atoms in total. The van der Waals surface area contributed by atoms with Crippen LogP contribution in [0.25, 0.3) is 0 Å². The van der Waals surface area contributed by atoms with Crippen molar-refractivity contribution >= 4 is 22.1 Å². The molecule has 0 radical (unpaired) electrons. The predicted molar refractivity (Wildman–Crippen MR) is 72.0 cm³/mol. The van der Waals surface area contributed by atoms with E-state index in [1.54, 1.807) is 0 Å². The third-order valence-corrected chi connectivity index (χ3v) is 5.18. The van der Waals surface area contributed by atoms with Crippen LogP contribution in [0.4, 0.5) is 4.79 Å². The number of amides is 3. The summed E-state index contributed by atoms with van der Waals surface area (Å²) < 4.78 is 28.0. The van der Waals surface area contributed by atoms with Gasteiger partial charge >= 0.3 is 6.03 Å². The lowest BCUT2D eigenvalue weighted by molar-refractivity contribution is -0.125. The van der Waals surface area contributed by atoms with Gasteiger partial charge in [0.05, 0.1) is 0 Å². The Morgan fingerprint density at radius 1 is 1.30 bits per heavy atom. The average Bonchev–Trinajstić information content (AvgIpc) is 2.62. The van der Waals surface area contributed by atoms with Gasteiger partial charge in [0.15, 0.2) is 0 Å². The minimum absolute atomic E-state index is 0.209. The number of nitrogens with zero attached hydrogens (tertiary/aromatic N) is 1. The van der Waals surface area contributed by atoms with Crippen molar-refractivity contribution in [1.29, 1.82) is 0 Å². The molecule has 114 valence electrons. The van der Waals surface area contributed by atoms with E-state index in [1.807, 2.05) is 13.8 Å². The molecule has 0 aromatic rings. The van der Waals surface area contributed by atoms with Gasteiger partial charge < -0.3 is 5.32 Å². The van der Waals surface area contributed by atoms with E-state index in [0.29, 0.717) is 6.54 Å². The summed E-state index contributed by atoms with van der Waals surface area (Å²) >= 11 is 0. The second-order valence-corrected chi connectivity index (χ2v) is 7.39. The summed E-state index contributed by atoms with van der Waals surface area (Å²) in [6.45, 7) is 4.64. The highest BCUT2D eigenvalue weighted by Gasteiger charge is 2.49. The Kier molecular flexibility index (Phi) is 4.03. The van der Waals surface area contributed by atoms with Gasteiger partial charge in [0.2, 0.25) is 0 Å². The molecule has 2 rings (SSSR count). The van der Waals surface area contributed by atoms with Crippen LogP contribution >= 0.6 is 0 Å². The van der Waals surface area contributed by atoms with Crippen molar-refractivity contribution in [3.05, 3.63) is 0 Å². The summed E-state index contributed by atoms with van der Waals surface area (Å²) in [6, 6.07) is -0.510. The van der Waals surface area contributed by atoms with Gasteiger partial charge in [0.25, 0.3) is 16.1 Å². The molecule has 1 spiro atoms. The summed E-state index contributed by atoms with van der Waals surface area (Å²) in [5.74, 6) is -0.143. The maximum absolute atomic E-state index is 12.1. The molecular formula is C11H20N4O4S. The standard InChI is InChI=1S/C11H20N4O4S/c1-8(2)7-12-20(18,19)15-5-3-11(4-6-15)9(16)13-10(17)14-11/h8,12H,3-7H2,1-2H3,(H2,13,14,16,17). The number of hydrogen-bond acceptors (Lipinski definition) is 4. The summed E-state index contributed by atoms with van der Waals surface area (Å²) in [5.41, 5.74) is -0.943. The third kappa shape index (κ3) is 2.94. The first kappa shape index (κ1) is 15.2. The number of imide groups is 1. The molecule has 2 saturated heterocycles. The lowest BCUT2D eigenvalue weighted by atomic mass is 9.89. The zero-order chi connectivity index (χ0) is 15.0. The molecule has 20 heavy (non-hydrogen) atoms. The number of carbonyl (C=O) groups excluding carboxylic acids is 2. The zero-order valence-electron chi connectivity index (χ0n) is 11.6. The predicted octanol–water partition coefficient (Wildman–Crippen LogP) is -0.849. The molecular weight excluding hydrogens is 284 g/mol. The minimum Gasteiger partial charge on any atom is -0.323 e. The van der Waals surface area contributed by atoms with Crippen LogP contribution < -0.4 is 15.4 Å². The van der Waals surface area contributed by atoms with E-state index >= 15 is 0 Å². The lowest BCUT2D eigenvalue weighted by Gasteiger charge is -2.36. The Morgan fingerprint density at radius 3 is 2.35 bits per heavy atom. The van der Waals surface area contributed by atoms with Crippen LogP contribution in [0.3, 0.4) is 0 Å². The lowest BCUT2D eigenvalue weighted by Crippen LogP contribution is -2.57. The number of rotatable bonds is 4. The van der Waals surface area contributed by atoms with Gasteiger partial charge in [0, 0.05) is 19.6 Å². The highest BCUT2D eigenvalue weighted by molar-refractivity contribution is 7.87. The molecule has 2 aliphatic heterocycles. The van der Waals surface area contributed by atoms with Gasteiger partial charge in [-0.25, -0.2) is 9.52 Å². The van der Waals surface area contributed by atoms with E-state index in [9.17, 15) is 18.0 Å². The SMILES string of the molecule is CC(C)CNS(=O)(=O)N1CCC2(CC1)NC(=O)NC2=O. The first-order valence-corrected chi connectivity index (χ1v) is 8.07. The Balaban J connectivity index is 1.97. The van der Waals surface area contributed by atoms with Gasteiger partial charge in [-0.1, -0.05) is 13.8 Å². The van der Waals surface area contributed by atoms with Crippen LogP contribution in [-0.4, -0.2) is 49.8 Å². The number of carbonyl (C=O) groups is 2. The van der Waals surface area contributed by atoms with Gasteiger partial charge in [-0.05, 0) is 18.8 Å². The molecule has 0 aromatic heterocycles. The van der Waals surface area contributed by atoms with Crippen LogP contribution in [0.1, 0.15) is 26.7 Å². The van der Waals surface area contributed by atoms with Crippen molar-refractivity contribution in [2.75, 3.05) is 19.6 Å². The maximum atomic E-state index is 12.1. The summed E-state index contributed by atoms with van der Waals surface area (Å²) in [7, 11) is -3.52. The van der Waals surface area contributed by atoms with Gasteiger partial charge in [-0.2, -0.15) is 12.7 Å². The van der Waals surface area contributed by atoms with E-state index in [0.717, 1.165) is 0 Å². The average molecular weight is 304 g/mol. The molecule has 2 heterocycles. The van der Waals surface area contributed by atoms with Crippen LogP contribution in [0.15, 0.2) is 0 Å². The molecule has 0 bridgehead atoms. The van der Waals surface area contributed by atoms with Gasteiger partial charge in [-0.3, -0.25) is 10.1 Å². The van der Waals surface area contributed by atoms with E-state index in [-0.39, 0.29) is 37.8 Å². The first-order chi connectivity index (χ1) is 9.25. The fourth-order valence-electron chi connectivity index (χ4n) is 2.35. The number of nitrogens with one attached hydrogen (secondary N) is 3. The van der Waals surface area contributed by atoms with E-state index in [4.69, 9.17) is 0 Å². The monoisotopic (exact) mass is 304 g/mol. The molecule has 0 unspecified atom stereocenters. The number of urea groups is 1. The molecule has 0 atom stereocenters. The third-order valence-electron chi connectivity index (χ3n) is 3.60. The second kappa shape index (κ2) is 5.30. The highest BCUT2D eigenvalue weighted by atomic mass is 32.2. The summed E-state index contributed by atoms with van der Waals surface area (Å²) in [5, 5.41) is 4.80. The van der Waals surface area contributed by atoms with Crippen molar-refractivity contribution in [3.8, 4) is 0 Å². The first-order valence-electron chi connectivity index (χ1n) is 6.63. The van der Waals surface area contributed by atoms with Crippen molar-refractivity contribution < 1.29 is 18.0 Å². The summed E-state index contributed by atoms with van der Waals surface area (Å²) in [6.07, 6.45) is 0.570. The molecule has 3 N–H and O–H groups in total. The van der Waals surface area contributed by atoms with Crippen molar-refractivity contribution in [2.24, 2.45) is 5.92 Å².